The summed E-state index contributed by atoms with van der Waals surface area (Å²) < 4.78 is 30.0. The standard InChI is InChI=1S/C24H25FN2O6/c1-31-13-11-27-21(28)15-24(23(27)30)19-14-16(25)4-9-20(19)26(22(24)29)10-3-12-33-18-7-5-17(32-2)6-8-18/h4-9,14H,3,10-13,15H2,1-2H3. The van der Waals surface area contributed by atoms with E-state index in [4.69, 9.17) is 14.2 Å². The number of carbonyl (C=O) groups excluding carboxylic acids is 3. The van der Waals surface area contributed by atoms with Crippen LogP contribution in [-0.4, -0.2) is 63.1 Å². The first-order chi connectivity index (χ1) is 15.9. The third-order valence-electron chi connectivity index (χ3n) is 6.02. The van der Waals surface area contributed by atoms with Gasteiger partial charge >= 0.3 is 0 Å². The molecule has 1 spiro atoms. The number of ether oxygens (including phenoxy) is 3. The van der Waals surface area contributed by atoms with Gasteiger partial charge in [-0.15, -0.1) is 0 Å². The highest BCUT2D eigenvalue weighted by Crippen LogP contribution is 2.48. The quantitative estimate of drug-likeness (QED) is 0.327. The van der Waals surface area contributed by atoms with Crippen LogP contribution in [0.2, 0.25) is 0 Å². The van der Waals surface area contributed by atoms with Crippen LogP contribution in [0.25, 0.3) is 0 Å². The number of methoxy groups -OCH3 is 2. The molecule has 174 valence electrons. The maximum absolute atomic E-state index is 14.1. The highest BCUT2D eigenvalue weighted by molar-refractivity contribution is 6.28. The molecule has 8 nitrogen and oxygen atoms in total. The van der Waals surface area contributed by atoms with Crippen LogP contribution in [0.1, 0.15) is 18.4 Å². The molecule has 2 aliphatic heterocycles. The van der Waals surface area contributed by atoms with E-state index in [-0.39, 0.29) is 31.7 Å². The Labute approximate surface area is 190 Å². The molecular weight excluding hydrogens is 431 g/mol. The van der Waals surface area contributed by atoms with Gasteiger partial charge in [-0.2, -0.15) is 0 Å². The molecule has 33 heavy (non-hydrogen) atoms. The van der Waals surface area contributed by atoms with Crippen molar-refractivity contribution < 1.29 is 33.0 Å². The van der Waals surface area contributed by atoms with E-state index in [1.807, 2.05) is 0 Å². The fourth-order valence-corrected chi connectivity index (χ4v) is 4.37. The molecule has 9 heteroatoms. The predicted molar refractivity (Wildman–Crippen MR) is 117 cm³/mol. The molecule has 2 aromatic rings. The normalized spacial score (nSPS) is 19.5. The van der Waals surface area contributed by atoms with Crippen molar-refractivity contribution in [1.82, 2.24) is 4.90 Å². The molecule has 0 saturated carbocycles. The highest BCUT2D eigenvalue weighted by atomic mass is 19.1. The Bertz CT molecular complexity index is 1070. The Balaban J connectivity index is 1.51. The Hall–Kier alpha value is -3.46. The van der Waals surface area contributed by atoms with Gasteiger partial charge in [0.1, 0.15) is 17.3 Å². The van der Waals surface area contributed by atoms with Gasteiger partial charge in [0.05, 0.1) is 33.3 Å². The topological polar surface area (TPSA) is 85.4 Å². The van der Waals surface area contributed by atoms with Gasteiger partial charge in [-0.25, -0.2) is 4.39 Å². The summed E-state index contributed by atoms with van der Waals surface area (Å²) in [7, 11) is 3.04. The van der Waals surface area contributed by atoms with Gasteiger partial charge in [0.15, 0.2) is 5.41 Å². The lowest BCUT2D eigenvalue weighted by Gasteiger charge is -2.22. The Morgan fingerprint density at radius 1 is 0.909 bits per heavy atom. The van der Waals surface area contributed by atoms with Gasteiger partial charge in [-0.3, -0.25) is 19.3 Å². The number of imide groups is 1. The minimum atomic E-state index is -1.72. The zero-order valence-electron chi connectivity index (χ0n) is 18.5. The van der Waals surface area contributed by atoms with Crippen molar-refractivity contribution in [3.05, 3.63) is 53.8 Å². The average Bonchev–Trinajstić information content (AvgIpc) is 3.20. The SMILES string of the molecule is COCCN1C(=O)CC2(C1=O)C(=O)N(CCCOc1ccc(OC)cc1)c1ccc(F)cc12. The summed E-state index contributed by atoms with van der Waals surface area (Å²) in [6, 6.07) is 11.0. The fraction of sp³-hybridized carbons (Fsp3) is 0.375. The zero-order chi connectivity index (χ0) is 23.6. The molecule has 1 atom stereocenters. The number of carbonyl (C=O) groups is 3. The van der Waals surface area contributed by atoms with Crippen LogP contribution in [-0.2, 0) is 24.5 Å². The van der Waals surface area contributed by atoms with Crippen molar-refractivity contribution in [2.24, 2.45) is 0 Å². The van der Waals surface area contributed by atoms with E-state index >= 15 is 0 Å². The summed E-state index contributed by atoms with van der Waals surface area (Å²) in [5.74, 6) is -0.794. The van der Waals surface area contributed by atoms with Crippen LogP contribution in [0.4, 0.5) is 10.1 Å². The maximum Gasteiger partial charge on any atom is 0.250 e. The molecule has 2 aliphatic rings. The van der Waals surface area contributed by atoms with Crippen molar-refractivity contribution in [2.75, 3.05) is 45.4 Å². The maximum atomic E-state index is 14.1. The number of anilines is 1. The summed E-state index contributed by atoms with van der Waals surface area (Å²) in [5.41, 5.74) is -1.04. The van der Waals surface area contributed by atoms with E-state index in [9.17, 15) is 18.8 Å². The number of halogens is 1. The molecule has 3 amide bonds. The van der Waals surface area contributed by atoms with Gasteiger partial charge < -0.3 is 19.1 Å². The second-order valence-electron chi connectivity index (χ2n) is 7.92. The molecule has 1 fully saturated rings. The first-order valence-corrected chi connectivity index (χ1v) is 10.6. The van der Waals surface area contributed by atoms with E-state index in [0.29, 0.717) is 24.5 Å². The Kier molecular flexibility index (Phi) is 6.33. The van der Waals surface area contributed by atoms with E-state index < -0.39 is 29.0 Å². The van der Waals surface area contributed by atoms with Crippen LogP contribution < -0.4 is 14.4 Å². The summed E-state index contributed by atoms with van der Waals surface area (Å²) in [5, 5.41) is 0. The van der Waals surface area contributed by atoms with E-state index in [1.165, 1.54) is 30.2 Å². The summed E-state index contributed by atoms with van der Waals surface area (Å²) >= 11 is 0. The number of amides is 3. The zero-order valence-corrected chi connectivity index (χ0v) is 18.5. The third-order valence-corrected chi connectivity index (χ3v) is 6.02. The summed E-state index contributed by atoms with van der Waals surface area (Å²) in [6.07, 6.45) is 0.157. The van der Waals surface area contributed by atoms with E-state index in [2.05, 4.69) is 0 Å². The number of hydrogen-bond donors (Lipinski definition) is 0. The predicted octanol–water partition coefficient (Wildman–Crippen LogP) is 2.29. The number of benzene rings is 2. The summed E-state index contributed by atoms with van der Waals surface area (Å²) in [6.45, 7) is 0.787. The summed E-state index contributed by atoms with van der Waals surface area (Å²) in [4.78, 5) is 41.9. The van der Waals surface area contributed by atoms with Crippen molar-refractivity contribution in [2.45, 2.75) is 18.3 Å². The van der Waals surface area contributed by atoms with Crippen molar-refractivity contribution in [3.8, 4) is 11.5 Å². The molecule has 0 N–H and O–H groups in total. The van der Waals surface area contributed by atoms with E-state index in [1.54, 1.807) is 31.4 Å². The first-order valence-electron chi connectivity index (χ1n) is 10.6. The third kappa shape index (κ3) is 3.93. The number of hydrogen-bond acceptors (Lipinski definition) is 6. The van der Waals surface area contributed by atoms with Gasteiger partial charge in [-0.1, -0.05) is 0 Å². The lowest BCUT2D eigenvalue weighted by molar-refractivity contribution is -0.142. The largest absolute Gasteiger partial charge is 0.497 e. The van der Waals surface area contributed by atoms with Crippen LogP contribution in [0.3, 0.4) is 0 Å². The van der Waals surface area contributed by atoms with Crippen molar-refractivity contribution >= 4 is 23.4 Å². The molecule has 0 radical (unpaired) electrons. The fourth-order valence-electron chi connectivity index (χ4n) is 4.37. The van der Waals surface area contributed by atoms with Gasteiger partial charge in [0.25, 0.3) is 0 Å². The lowest BCUT2D eigenvalue weighted by atomic mass is 9.80. The number of nitrogens with zero attached hydrogens (tertiary/aromatic N) is 2. The smallest absolute Gasteiger partial charge is 0.250 e. The molecule has 1 unspecified atom stereocenters. The number of fused-ring (bicyclic) bond motifs is 2. The van der Waals surface area contributed by atoms with Gasteiger partial charge in [0, 0.05) is 24.9 Å². The monoisotopic (exact) mass is 456 g/mol. The molecule has 0 bridgehead atoms. The molecule has 0 aliphatic carbocycles. The number of rotatable bonds is 9. The van der Waals surface area contributed by atoms with Crippen molar-refractivity contribution in [1.29, 1.82) is 0 Å². The van der Waals surface area contributed by atoms with E-state index in [0.717, 1.165) is 10.6 Å². The average molecular weight is 456 g/mol. The molecule has 2 heterocycles. The molecular formula is C24H25FN2O6. The minimum absolute atomic E-state index is 0.0452. The van der Waals surface area contributed by atoms with Crippen LogP contribution in [0, 0.1) is 5.82 Å². The minimum Gasteiger partial charge on any atom is -0.497 e. The molecule has 1 saturated heterocycles. The second kappa shape index (κ2) is 9.19. The van der Waals surface area contributed by atoms with Gasteiger partial charge in [-0.05, 0) is 48.9 Å². The van der Waals surface area contributed by atoms with Crippen LogP contribution in [0.15, 0.2) is 42.5 Å². The molecule has 2 aromatic carbocycles. The Morgan fingerprint density at radius 3 is 2.30 bits per heavy atom. The Morgan fingerprint density at radius 2 is 1.61 bits per heavy atom. The van der Waals surface area contributed by atoms with Gasteiger partial charge in [0.2, 0.25) is 17.7 Å². The van der Waals surface area contributed by atoms with Crippen molar-refractivity contribution in [3.63, 3.8) is 0 Å². The first kappa shape index (κ1) is 22.7. The second-order valence-corrected chi connectivity index (χ2v) is 7.92. The molecule has 4 rings (SSSR count). The van der Waals surface area contributed by atoms with Crippen LogP contribution >= 0.6 is 0 Å². The molecule has 0 aromatic heterocycles. The highest BCUT2D eigenvalue weighted by Gasteiger charge is 2.63. The van der Waals surface area contributed by atoms with Crippen LogP contribution in [0.5, 0.6) is 11.5 Å². The lowest BCUT2D eigenvalue weighted by Crippen LogP contribution is -2.47. The number of likely N-dealkylation sites (tertiary alicyclic amines) is 1.